The summed E-state index contributed by atoms with van der Waals surface area (Å²) in [5.41, 5.74) is 3.58. The van der Waals surface area contributed by atoms with Crippen LogP contribution in [0.4, 0.5) is 10.3 Å². The highest BCUT2D eigenvalue weighted by Gasteiger charge is 2.31. The van der Waals surface area contributed by atoms with Crippen LogP contribution in [-0.2, 0) is 13.0 Å². The predicted octanol–water partition coefficient (Wildman–Crippen LogP) is 5.10. The fourth-order valence-electron chi connectivity index (χ4n) is 4.73. The zero-order valence-electron chi connectivity index (χ0n) is 17.8. The van der Waals surface area contributed by atoms with E-state index >= 15 is 0 Å². The maximum atomic E-state index is 13.6. The van der Waals surface area contributed by atoms with Crippen molar-refractivity contribution in [2.75, 3.05) is 5.32 Å². The molecule has 162 valence electrons. The first kappa shape index (κ1) is 19.2. The Kier molecular flexibility index (Phi) is 4.74. The van der Waals surface area contributed by atoms with Gasteiger partial charge >= 0.3 is 0 Å². The van der Waals surface area contributed by atoms with Crippen LogP contribution in [0.2, 0.25) is 0 Å². The Morgan fingerprint density at radius 1 is 1.00 bits per heavy atom. The van der Waals surface area contributed by atoms with Gasteiger partial charge in [0, 0.05) is 43.2 Å². The number of benzene rings is 1. The quantitative estimate of drug-likeness (QED) is 0.464. The van der Waals surface area contributed by atoms with Crippen LogP contribution in [0.25, 0.3) is 22.6 Å². The number of aromatic nitrogens is 5. The number of fused-ring (bicyclic) bond motifs is 1. The number of aryl methyl sites for hydroxylation is 1. The van der Waals surface area contributed by atoms with Crippen molar-refractivity contribution in [2.24, 2.45) is 0 Å². The van der Waals surface area contributed by atoms with Crippen molar-refractivity contribution in [2.45, 2.75) is 50.7 Å². The molecule has 1 N–H and O–H groups in total. The highest BCUT2D eigenvalue weighted by Crippen LogP contribution is 2.40. The predicted molar refractivity (Wildman–Crippen MR) is 122 cm³/mol. The summed E-state index contributed by atoms with van der Waals surface area (Å²) in [6, 6.07) is 13.4. The molecule has 1 saturated carbocycles. The molecule has 7 heteroatoms. The van der Waals surface area contributed by atoms with Gasteiger partial charge in [0.25, 0.3) is 0 Å². The van der Waals surface area contributed by atoms with E-state index in [2.05, 4.69) is 44.0 Å². The van der Waals surface area contributed by atoms with Gasteiger partial charge in [-0.05, 0) is 68.1 Å². The molecule has 6 nitrogen and oxygen atoms in total. The molecular weight excluding hydrogens is 403 g/mol. The van der Waals surface area contributed by atoms with Crippen molar-refractivity contribution in [3.8, 4) is 22.6 Å². The van der Waals surface area contributed by atoms with Crippen LogP contribution >= 0.6 is 0 Å². The molecule has 32 heavy (non-hydrogen) atoms. The molecule has 1 aliphatic carbocycles. The highest BCUT2D eigenvalue weighted by molar-refractivity contribution is 5.78. The zero-order valence-corrected chi connectivity index (χ0v) is 17.8. The Balaban J connectivity index is 1.46. The lowest BCUT2D eigenvalue weighted by Gasteiger charge is -2.26. The molecule has 1 atom stereocenters. The molecule has 4 heterocycles. The van der Waals surface area contributed by atoms with Crippen LogP contribution < -0.4 is 5.32 Å². The first-order valence-corrected chi connectivity index (χ1v) is 11.3. The molecule has 0 bridgehead atoms. The zero-order chi connectivity index (χ0) is 21.5. The molecule has 3 aromatic heterocycles. The smallest absolute Gasteiger partial charge is 0.223 e. The fourth-order valence-corrected chi connectivity index (χ4v) is 4.73. The lowest BCUT2D eigenvalue weighted by Crippen LogP contribution is -2.28. The number of imidazole rings is 1. The lowest BCUT2D eigenvalue weighted by atomic mass is 9.93. The monoisotopic (exact) mass is 428 g/mol. The SMILES string of the molecule is Fc1ccc(-c2nc3n(c2-c2ccnc(NC4CCC4)n2)[C@H](Cn2cccc2)CC3)cc1. The summed E-state index contributed by atoms with van der Waals surface area (Å²) in [4.78, 5) is 14.4. The summed E-state index contributed by atoms with van der Waals surface area (Å²) < 4.78 is 18.2. The Labute approximate surface area is 186 Å². The third-order valence-electron chi connectivity index (χ3n) is 6.59. The first-order valence-electron chi connectivity index (χ1n) is 11.3. The van der Waals surface area contributed by atoms with Crippen LogP contribution in [0.1, 0.15) is 37.5 Å². The van der Waals surface area contributed by atoms with Gasteiger partial charge < -0.3 is 14.5 Å². The molecule has 2 aliphatic rings. The molecule has 0 unspecified atom stereocenters. The van der Waals surface area contributed by atoms with E-state index in [4.69, 9.17) is 9.97 Å². The minimum absolute atomic E-state index is 0.249. The number of hydrogen-bond donors (Lipinski definition) is 1. The second-order valence-electron chi connectivity index (χ2n) is 8.71. The van der Waals surface area contributed by atoms with Crippen molar-refractivity contribution < 1.29 is 4.39 Å². The maximum absolute atomic E-state index is 13.6. The van der Waals surface area contributed by atoms with E-state index in [1.807, 2.05) is 12.3 Å². The summed E-state index contributed by atoms with van der Waals surface area (Å²) in [6.07, 6.45) is 11.5. The summed E-state index contributed by atoms with van der Waals surface area (Å²) in [7, 11) is 0. The van der Waals surface area contributed by atoms with Crippen molar-refractivity contribution in [3.63, 3.8) is 0 Å². The fraction of sp³-hybridized carbons (Fsp3) is 0.320. The minimum atomic E-state index is -0.249. The molecule has 0 radical (unpaired) electrons. The average Bonchev–Trinajstić information content (AvgIpc) is 3.50. The van der Waals surface area contributed by atoms with Crippen molar-refractivity contribution in [3.05, 3.63) is 72.7 Å². The van der Waals surface area contributed by atoms with Gasteiger partial charge in [-0.25, -0.2) is 19.3 Å². The lowest BCUT2D eigenvalue weighted by molar-refractivity contribution is 0.443. The molecule has 1 fully saturated rings. The molecule has 0 saturated heterocycles. The third-order valence-corrected chi connectivity index (χ3v) is 6.59. The normalized spacial score (nSPS) is 17.8. The molecule has 1 aliphatic heterocycles. The van der Waals surface area contributed by atoms with Gasteiger partial charge in [0.1, 0.15) is 11.6 Å². The van der Waals surface area contributed by atoms with Crippen LogP contribution in [0.15, 0.2) is 61.1 Å². The molecule has 1 aromatic carbocycles. The first-order chi connectivity index (χ1) is 15.7. The van der Waals surface area contributed by atoms with E-state index in [0.717, 1.165) is 60.7 Å². The standard InChI is InChI=1S/C25H25FN6/c26-18-8-6-17(7-9-18)23-24(21-12-13-27-25(29-21)28-19-4-3-5-19)32-20(10-11-22(32)30-23)16-31-14-1-2-15-31/h1-2,6-9,12-15,19-20H,3-5,10-11,16H2,(H,27,28,29)/t20-/m0/s1. The number of rotatable bonds is 6. The maximum Gasteiger partial charge on any atom is 0.223 e. The van der Waals surface area contributed by atoms with Gasteiger partial charge in [-0.3, -0.25) is 0 Å². The Hall–Kier alpha value is -3.48. The van der Waals surface area contributed by atoms with Crippen molar-refractivity contribution >= 4 is 5.95 Å². The second kappa shape index (κ2) is 7.89. The summed E-state index contributed by atoms with van der Waals surface area (Å²) in [6.45, 7) is 0.879. The third kappa shape index (κ3) is 3.47. The molecular formula is C25H25FN6. The number of nitrogens with one attached hydrogen (secondary N) is 1. The largest absolute Gasteiger partial charge is 0.352 e. The molecule has 0 spiro atoms. The van der Waals surface area contributed by atoms with Gasteiger partial charge in [-0.2, -0.15) is 0 Å². The Morgan fingerprint density at radius 3 is 2.56 bits per heavy atom. The van der Waals surface area contributed by atoms with Crippen LogP contribution in [0.3, 0.4) is 0 Å². The summed E-state index contributed by atoms with van der Waals surface area (Å²) >= 11 is 0. The van der Waals surface area contributed by atoms with E-state index in [9.17, 15) is 4.39 Å². The average molecular weight is 429 g/mol. The van der Waals surface area contributed by atoms with E-state index in [1.54, 1.807) is 12.1 Å². The minimum Gasteiger partial charge on any atom is -0.352 e. The second-order valence-corrected chi connectivity index (χ2v) is 8.71. The van der Waals surface area contributed by atoms with Crippen molar-refractivity contribution in [1.82, 2.24) is 24.1 Å². The van der Waals surface area contributed by atoms with Gasteiger partial charge in [0.2, 0.25) is 5.95 Å². The van der Waals surface area contributed by atoms with E-state index in [-0.39, 0.29) is 11.9 Å². The molecule has 4 aromatic rings. The van der Waals surface area contributed by atoms with Crippen LogP contribution in [0, 0.1) is 5.82 Å². The number of nitrogens with zero attached hydrogens (tertiary/aromatic N) is 5. The van der Waals surface area contributed by atoms with Crippen LogP contribution in [-0.4, -0.2) is 30.1 Å². The van der Waals surface area contributed by atoms with Gasteiger partial charge in [-0.15, -0.1) is 0 Å². The van der Waals surface area contributed by atoms with Gasteiger partial charge in [-0.1, -0.05) is 0 Å². The Morgan fingerprint density at radius 2 is 1.81 bits per heavy atom. The number of anilines is 1. The highest BCUT2D eigenvalue weighted by atomic mass is 19.1. The summed E-state index contributed by atoms with van der Waals surface area (Å²) in [5.74, 6) is 1.47. The van der Waals surface area contributed by atoms with E-state index < -0.39 is 0 Å². The van der Waals surface area contributed by atoms with Gasteiger partial charge in [0.05, 0.1) is 23.1 Å². The molecule has 6 rings (SSSR count). The van der Waals surface area contributed by atoms with Gasteiger partial charge in [0.15, 0.2) is 0 Å². The Bertz CT molecular complexity index is 1220. The number of hydrogen-bond acceptors (Lipinski definition) is 4. The topological polar surface area (TPSA) is 60.6 Å². The van der Waals surface area contributed by atoms with E-state index in [1.165, 1.54) is 18.6 Å². The summed E-state index contributed by atoms with van der Waals surface area (Å²) in [5, 5.41) is 3.46. The number of halogens is 1. The van der Waals surface area contributed by atoms with Crippen LogP contribution in [0.5, 0.6) is 0 Å². The van der Waals surface area contributed by atoms with E-state index in [0.29, 0.717) is 12.0 Å². The molecule has 0 amide bonds. The van der Waals surface area contributed by atoms with Crippen molar-refractivity contribution in [1.29, 1.82) is 0 Å².